The Morgan fingerprint density at radius 3 is 2.82 bits per heavy atom. The summed E-state index contributed by atoms with van der Waals surface area (Å²) in [5, 5.41) is 9.07. The first-order valence-electron chi connectivity index (χ1n) is 5.68. The second-order valence-corrected chi connectivity index (χ2v) is 6.13. The molecule has 0 aromatic rings. The largest absolute Gasteiger partial charge is 0.469 e. The number of esters is 1. The highest BCUT2D eigenvalue weighted by Crippen LogP contribution is 2.21. The third-order valence-electron chi connectivity index (χ3n) is 2.90. The molecule has 0 saturated carbocycles. The van der Waals surface area contributed by atoms with Crippen molar-refractivity contribution in [2.45, 2.75) is 31.7 Å². The highest BCUT2D eigenvalue weighted by molar-refractivity contribution is 7.89. The molecule has 1 fully saturated rings. The summed E-state index contributed by atoms with van der Waals surface area (Å²) in [6.45, 7) is 0.321. The summed E-state index contributed by atoms with van der Waals surface area (Å²) in [6.07, 6.45) is 1.84. The van der Waals surface area contributed by atoms with E-state index in [0.29, 0.717) is 13.0 Å². The molecule has 1 heterocycles. The lowest BCUT2D eigenvalue weighted by Crippen LogP contribution is -2.39. The first kappa shape index (κ1) is 14.4. The van der Waals surface area contributed by atoms with Crippen LogP contribution in [0.15, 0.2) is 0 Å². The Kier molecular flexibility index (Phi) is 5.35. The van der Waals surface area contributed by atoms with E-state index in [-0.39, 0.29) is 31.2 Å². The number of carbonyl (C=O) groups is 1. The first-order chi connectivity index (χ1) is 8.01. The van der Waals surface area contributed by atoms with Gasteiger partial charge in [0.2, 0.25) is 10.0 Å². The van der Waals surface area contributed by atoms with E-state index in [9.17, 15) is 13.2 Å². The summed E-state index contributed by atoms with van der Waals surface area (Å²) in [5.74, 6) is -0.473. The zero-order valence-corrected chi connectivity index (χ0v) is 10.8. The third kappa shape index (κ3) is 3.93. The highest BCUT2D eigenvalue weighted by atomic mass is 32.2. The van der Waals surface area contributed by atoms with E-state index in [1.54, 1.807) is 0 Å². The van der Waals surface area contributed by atoms with Gasteiger partial charge in [0.05, 0.1) is 19.5 Å². The normalized spacial score (nSPS) is 21.6. The molecule has 7 heteroatoms. The van der Waals surface area contributed by atoms with Crippen molar-refractivity contribution in [3.8, 4) is 0 Å². The number of carbonyl (C=O) groups excluding carboxylic acids is 1. The second-order valence-electron chi connectivity index (χ2n) is 4.09. The molecule has 1 atom stereocenters. The third-order valence-corrected chi connectivity index (χ3v) is 4.90. The Balaban J connectivity index is 2.48. The van der Waals surface area contributed by atoms with E-state index in [4.69, 9.17) is 5.11 Å². The minimum atomic E-state index is -3.36. The second kappa shape index (κ2) is 6.32. The van der Waals surface area contributed by atoms with Crippen LogP contribution in [-0.4, -0.2) is 55.9 Å². The van der Waals surface area contributed by atoms with E-state index >= 15 is 0 Å². The average Bonchev–Trinajstić information content (AvgIpc) is 2.77. The zero-order valence-electron chi connectivity index (χ0n) is 9.96. The molecule has 6 nitrogen and oxygen atoms in total. The zero-order chi connectivity index (χ0) is 12.9. The fourth-order valence-corrected chi connectivity index (χ4v) is 3.75. The fourth-order valence-electron chi connectivity index (χ4n) is 1.98. The molecule has 0 unspecified atom stereocenters. The summed E-state index contributed by atoms with van der Waals surface area (Å²) in [7, 11) is -2.08. The molecule has 1 rings (SSSR count). The molecule has 0 bridgehead atoms. The van der Waals surface area contributed by atoms with Gasteiger partial charge in [-0.25, -0.2) is 8.42 Å². The number of rotatable bonds is 6. The SMILES string of the molecule is COC(=O)CCCS(=O)(=O)N1CCC[C@@H]1CO. The molecule has 17 heavy (non-hydrogen) atoms. The van der Waals surface area contributed by atoms with E-state index < -0.39 is 16.0 Å². The predicted octanol–water partition coefficient (Wildman–Crippen LogP) is -0.274. The van der Waals surface area contributed by atoms with Gasteiger partial charge in [-0.3, -0.25) is 4.79 Å². The van der Waals surface area contributed by atoms with Gasteiger partial charge in [0, 0.05) is 19.0 Å². The molecule has 0 amide bonds. The molecule has 0 radical (unpaired) electrons. The van der Waals surface area contributed by atoms with Crippen LogP contribution in [-0.2, 0) is 19.6 Å². The lowest BCUT2D eigenvalue weighted by molar-refractivity contribution is -0.140. The maximum Gasteiger partial charge on any atom is 0.305 e. The van der Waals surface area contributed by atoms with E-state index in [1.807, 2.05) is 0 Å². The van der Waals surface area contributed by atoms with Gasteiger partial charge >= 0.3 is 5.97 Å². The van der Waals surface area contributed by atoms with Gasteiger partial charge in [-0.2, -0.15) is 4.31 Å². The van der Waals surface area contributed by atoms with Crippen LogP contribution in [0.2, 0.25) is 0 Å². The minimum absolute atomic E-state index is 0.0708. The smallest absolute Gasteiger partial charge is 0.305 e. The van der Waals surface area contributed by atoms with Gasteiger partial charge < -0.3 is 9.84 Å². The Hall–Kier alpha value is -0.660. The molecular formula is C10H19NO5S. The van der Waals surface area contributed by atoms with Gasteiger partial charge in [0.25, 0.3) is 0 Å². The lowest BCUT2D eigenvalue weighted by Gasteiger charge is -2.22. The van der Waals surface area contributed by atoms with Crippen molar-refractivity contribution < 1.29 is 23.1 Å². The Morgan fingerprint density at radius 1 is 1.53 bits per heavy atom. The molecule has 1 saturated heterocycles. The average molecular weight is 265 g/mol. The molecule has 0 aromatic carbocycles. The Morgan fingerprint density at radius 2 is 2.24 bits per heavy atom. The van der Waals surface area contributed by atoms with Gasteiger partial charge in [-0.1, -0.05) is 0 Å². The van der Waals surface area contributed by atoms with E-state index in [0.717, 1.165) is 6.42 Å². The summed E-state index contributed by atoms with van der Waals surface area (Å²) in [4.78, 5) is 10.9. The first-order valence-corrected chi connectivity index (χ1v) is 7.29. The Bertz CT molecular complexity index is 354. The maximum absolute atomic E-state index is 11.9. The Labute approximate surface area is 102 Å². The van der Waals surface area contributed by atoms with Crippen molar-refractivity contribution in [2.24, 2.45) is 0 Å². The van der Waals surface area contributed by atoms with Crippen LogP contribution >= 0.6 is 0 Å². The van der Waals surface area contributed by atoms with Crippen molar-refractivity contribution in [3.63, 3.8) is 0 Å². The number of methoxy groups -OCH3 is 1. The molecular weight excluding hydrogens is 246 g/mol. The number of ether oxygens (including phenoxy) is 1. The van der Waals surface area contributed by atoms with Crippen LogP contribution < -0.4 is 0 Å². The van der Waals surface area contributed by atoms with Crippen molar-refractivity contribution in [1.29, 1.82) is 0 Å². The van der Waals surface area contributed by atoms with Crippen LogP contribution in [0.4, 0.5) is 0 Å². The summed E-state index contributed by atoms with van der Waals surface area (Å²) < 4.78 is 29.7. The van der Waals surface area contributed by atoms with E-state index in [2.05, 4.69) is 4.74 Å². The number of nitrogens with zero attached hydrogens (tertiary/aromatic N) is 1. The number of hydrogen-bond acceptors (Lipinski definition) is 5. The van der Waals surface area contributed by atoms with Gasteiger partial charge in [-0.15, -0.1) is 0 Å². The standard InChI is InChI=1S/C10H19NO5S/c1-16-10(13)5-3-7-17(14,15)11-6-2-4-9(11)8-12/h9,12H,2-8H2,1H3/t9-/m1/s1. The predicted molar refractivity (Wildman–Crippen MR) is 61.9 cm³/mol. The quantitative estimate of drug-likeness (QED) is 0.668. The van der Waals surface area contributed by atoms with Crippen LogP contribution in [0, 0.1) is 0 Å². The highest BCUT2D eigenvalue weighted by Gasteiger charge is 2.33. The number of aliphatic hydroxyl groups excluding tert-OH is 1. The topological polar surface area (TPSA) is 83.9 Å². The number of sulfonamides is 1. The fraction of sp³-hybridized carbons (Fsp3) is 0.900. The van der Waals surface area contributed by atoms with Gasteiger partial charge in [0.15, 0.2) is 0 Å². The van der Waals surface area contributed by atoms with Crippen LogP contribution in [0.5, 0.6) is 0 Å². The van der Waals surface area contributed by atoms with E-state index in [1.165, 1.54) is 11.4 Å². The monoisotopic (exact) mass is 265 g/mol. The lowest BCUT2D eigenvalue weighted by atomic mass is 10.2. The molecule has 0 aliphatic carbocycles. The number of hydrogen-bond donors (Lipinski definition) is 1. The molecule has 1 aliphatic rings. The molecule has 1 aliphatic heterocycles. The summed E-state index contributed by atoms with van der Waals surface area (Å²) in [5.41, 5.74) is 0. The van der Waals surface area contributed by atoms with Gasteiger partial charge in [0.1, 0.15) is 0 Å². The molecule has 0 spiro atoms. The summed E-state index contributed by atoms with van der Waals surface area (Å²) >= 11 is 0. The number of aliphatic hydroxyl groups is 1. The maximum atomic E-state index is 11.9. The van der Waals surface area contributed by atoms with Crippen LogP contribution in [0.25, 0.3) is 0 Å². The minimum Gasteiger partial charge on any atom is -0.469 e. The van der Waals surface area contributed by atoms with Crippen molar-refractivity contribution in [1.82, 2.24) is 4.31 Å². The van der Waals surface area contributed by atoms with Crippen molar-refractivity contribution in [2.75, 3.05) is 26.0 Å². The van der Waals surface area contributed by atoms with Gasteiger partial charge in [-0.05, 0) is 19.3 Å². The molecule has 100 valence electrons. The van der Waals surface area contributed by atoms with Crippen molar-refractivity contribution in [3.05, 3.63) is 0 Å². The van der Waals surface area contributed by atoms with Crippen LogP contribution in [0.3, 0.4) is 0 Å². The van der Waals surface area contributed by atoms with Crippen molar-refractivity contribution >= 4 is 16.0 Å². The molecule has 0 aromatic heterocycles. The van der Waals surface area contributed by atoms with Crippen LogP contribution in [0.1, 0.15) is 25.7 Å². The summed E-state index contributed by atoms with van der Waals surface area (Å²) in [6, 6.07) is -0.293. The molecule has 1 N–H and O–H groups in total.